The molecule has 5 nitrogen and oxygen atoms in total. The average Bonchev–Trinajstić information content (AvgIpc) is 2.27. The van der Waals surface area contributed by atoms with E-state index in [1.54, 1.807) is 13.0 Å². The topological polar surface area (TPSA) is 69.7 Å². The first-order valence-electron chi connectivity index (χ1n) is 5.62. The Kier molecular flexibility index (Phi) is 5.00. The van der Waals surface area contributed by atoms with Crippen LogP contribution >= 0.6 is 0 Å². The van der Waals surface area contributed by atoms with Crippen LogP contribution in [0.5, 0.6) is 11.5 Å². The summed E-state index contributed by atoms with van der Waals surface area (Å²) in [5.41, 5.74) is 0.226. The Morgan fingerprint density at radius 2 is 1.68 bits per heavy atom. The minimum absolute atomic E-state index is 0.0642. The third kappa shape index (κ3) is 4.39. The summed E-state index contributed by atoms with van der Waals surface area (Å²) in [5, 5.41) is 0. The van der Waals surface area contributed by atoms with E-state index in [2.05, 4.69) is 0 Å². The molecule has 5 heteroatoms. The van der Waals surface area contributed by atoms with Gasteiger partial charge in [0.15, 0.2) is 5.78 Å². The van der Waals surface area contributed by atoms with E-state index in [4.69, 9.17) is 9.47 Å². The number of ether oxygens (including phenoxy) is 2. The Morgan fingerprint density at radius 3 is 2.21 bits per heavy atom. The van der Waals surface area contributed by atoms with Crippen LogP contribution in [0.2, 0.25) is 0 Å². The molecule has 0 spiro atoms. The average molecular weight is 262 g/mol. The lowest BCUT2D eigenvalue weighted by Crippen LogP contribution is -2.08. The Balaban J connectivity index is 3.19. The van der Waals surface area contributed by atoms with Crippen LogP contribution in [0, 0.1) is 0 Å². The van der Waals surface area contributed by atoms with E-state index in [9.17, 15) is 14.4 Å². The molecule has 0 amide bonds. The van der Waals surface area contributed by atoms with E-state index in [-0.39, 0.29) is 22.8 Å². The Hall–Kier alpha value is -2.43. The minimum atomic E-state index is -0.561. The summed E-state index contributed by atoms with van der Waals surface area (Å²) in [5.74, 6) is -1.08. The number of hydrogen-bond acceptors (Lipinski definition) is 5. The molecular formula is C14H14O5. The van der Waals surface area contributed by atoms with Gasteiger partial charge in [0.25, 0.3) is 0 Å². The molecule has 1 rings (SSSR count). The molecule has 0 unspecified atom stereocenters. The van der Waals surface area contributed by atoms with Crippen molar-refractivity contribution in [3.8, 4) is 11.5 Å². The predicted octanol–water partition coefficient (Wildman–Crippen LogP) is 2.30. The molecule has 1 aromatic rings. The monoisotopic (exact) mass is 262 g/mol. The van der Waals surface area contributed by atoms with Crippen LogP contribution in [0.1, 0.15) is 31.1 Å². The van der Waals surface area contributed by atoms with Crippen LogP contribution in [0.4, 0.5) is 0 Å². The molecule has 0 atom stereocenters. The van der Waals surface area contributed by atoms with Gasteiger partial charge in [-0.05, 0) is 25.1 Å². The highest BCUT2D eigenvalue weighted by Gasteiger charge is 2.14. The smallest absolute Gasteiger partial charge is 0.308 e. The second-order valence-electron chi connectivity index (χ2n) is 3.71. The second-order valence-corrected chi connectivity index (χ2v) is 3.71. The highest BCUT2D eigenvalue weighted by molar-refractivity contribution is 6.07. The highest BCUT2D eigenvalue weighted by atomic mass is 16.5. The van der Waals surface area contributed by atoms with Crippen LogP contribution < -0.4 is 9.47 Å². The summed E-state index contributed by atoms with van der Waals surface area (Å²) in [6, 6.07) is 4.24. The molecule has 19 heavy (non-hydrogen) atoms. The number of rotatable bonds is 4. The zero-order valence-corrected chi connectivity index (χ0v) is 10.9. The van der Waals surface area contributed by atoms with E-state index >= 15 is 0 Å². The molecule has 0 aliphatic rings. The first-order valence-corrected chi connectivity index (χ1v) is 5.62. The zero-order valence-electron chi connectivity index (χ0n) is 10.9. The van der Waals surface area contributed by atoms with Crippen molar-refractivity contribution in [1.29, 1.82) is 0 Å². The molecule has 0 saturated carbocycles. The molecule has 0 aliphatic heterocycles. The molecule has 0 N–H and O–H groups in total. The molecule has 0 aliphatic carbocycles. The van der Waals surface area contributed by atoms with E-state index < -0.39 is 11.9 Å². The van der Waals surface area contributed by atoms with Gasteiger partial charge in [0.2, 0.25) is 0 Å². The quantitative estimate of drug-likeness (QED) is 0.360. The van der Waals surface area contributed by atoms with Crippen molar-refractivity contribution >= 4 is 17.7 Å². The van der Waals surface area contributed by atoms with Gasteiger partial charge in [-0.2, -0.15) is 0 Å². The Bertz CT molecular complexity index is 543. The number of esters is 2. The van der Waals surface area contributed by atoms with Crippen molar-refractivity contribution in [3.05, 3.63) is 35.9 Å². The van der Waals surface area contributed by atoms with Crippen molar-refractivity contribution in [2.24, 2.45) is 0 Å². The van der Waals surface area contributed by atoms with E-state index in [1.165, 1.54) is 38.1 Å². The summed E-state index contributed by atoms with van der Waals surface area (Å²) in [7, 11) is 0. The molecule has 0 bridgehead atoms. The summed E-state index contributed by atoms with van der Waals surface area (Å²) >= 11 is 0. The zero-order chi connectivity index (χ0) is 14.4. The third-order valence-corrected chi connectivity index (χ3v) is 2.05. The standard InChI is InChI=1S/C14H14O5/c1-4-5-13(17)12-7-6-11(18-9(2)15)8-14(12)19-10(3)16/h4-8H,1-3H3. The second kappa shape index (κ2) is 6.49. The van der Waals surface area contributed by atoms with Crippen molar-refractivity contribution in [3.63, 3.8) is 0 Å². The summed E-state index contributed by atoms with van der Waals surface area (Å²) in [6.45, 7) is 4.18. The van der Waals surface area contributed by atoms with Crippen LogP contribution in [0.15, 0.2) is 30.4 Å². The number of allylic oxidation sites excluding steroid dienone is 2. The van der Waals surface area contributed by atoms with Crippen LogP contribution in [-0.2, 0) is 9.59 Å². The van der Waals surface area contributed by atoms with Crippen LogP contribution in [-0.4, -0.2) is 17.7 Å². The summed E-state index contributed by atoms with van der Waals surface area (Å²) in [4.78, 5) is 33.7. The van der Waals surface area contributed by atoms with Gasteiger partial charge < -0.3 is 9.47 Å². The summed E-state index contributed by atoms with van der Waals surface area (Å²) < 4.78 is 9.82. The van der Waals surface area contributed by atoms with Gasteiger partial charge in [0.05, 0.1) is 5.56 Å². The maximum Gasteiger partial charge on any atom is 0.308 e. The molecule has 1 aromatic carbocycles. The molecule has 0 radical (unpaired) electrons. The number of ketones is 1. The fourth-order valence-electron chi connectivity index (χ4n) is 1.42. The van der Waals surface area contributed by atoms with Gasteiger partial charge >= 0.3 is 11.9 Å². The molecular weight excluding hydrogens is 248 g/mol. The lowest BCUT2D eigenvalue weighted by molar-refractivity contribution is -0.132. The highest BCUT2D eigenvalue weighted by Crippen LogP contribution is 2.26. The Labute approximate surface area is 110 Å². The summed E-state index contributed by atoms with van der Waals surface area (Å²) in [6.07, 6.45) is 2.94. The molecule has 0 saturated heterocycles. The first kappa shape index (κ1) is 14.6. The number of carbonyl (C=O) groups excluding carboxylic acids is 3. The van der Waals surface area contributed by atoms with Gasteiger partial charge in [0.1, 0.15) is 11.5 Å². The van der Waals surface area contributed by atoms with E-state index in [1.807, 2.05) is 0 Å². The first-order chi connectivity index (χ1) is 8.93. The SMILES string of the molecule is CC=CC(=O)c1ccc(OC(C)=O)cc1OC(C)=O. The van der Waals surface area contributed by atoms with Gasteiger partial charge in [-0.15, -0.1) is 0 Å². The van der Waals surface area contributed by atoms with Crippen molar-refractivity contribution in [1.82, 2.24) is 0 Å². The lowest BCUT2D eigenvalue weighted by Gasteiger charge is -2.09. The van der Waals surface area contributed by atoms with Gasteiger partial charge in [0, 0.05) is 19.9 Å². The number of hydrogen-bond donors (Lipinski definition) is 0. The predicted molar refractivity (Wildman–Crippen MR) is 68.2 cm³/mol. The van der Waals surface area contributed by atoms with Crippen LogP contribution in [0.25, 0.3) is 0 Å². The van der Waals surface area contributed by atoms with E-state index in [0.717, 1.165) is 0 Å². The minimum Gasteiger partial charge on any atom is -0.427 e. The maximum absolute atomic E-state index is 11.8. The lowest BCUT2D eigenvalue weighted by atomic mass is 10.1. The van der Waals surface area contributed by atoms with Crippen LogP contribution in [0.3, 0.4) is 0 Å². The number of benzene rings is 1. The van der Waals surface area contributed by atoms with Crippen molar-refractivity contribution in [2.75, 3.05) is 0 Å². The maximum atomic E-state index is 11.8. The van der Waals surface area contributed by atoms with Gasteiger partial charge in [-0.25, -0.2) is 0 Å². The fraction of sp³-hybridized carbons (Fsp3) is 0.214. The Morgan fingerprint density at radius 1 is 1.05 bits per heavy atom. The van der Waals surface area contributed by atoms with Gasteiger partial charge in [-0.1, -0.05) is 6.08 Å². The normalized spacial score (nSPS) is 10.3. The van der Waals surface area contributed by atoms with E-state index in [0.29, 0.717) is 0 Å². The molecule has 0 aromatic heterocycles. The largest absolute Gasteiger partial charge is 0.427 e. The van der Waals surface area contributed by atoms with Crippen molar-refractivity contribution < 1.29 is 23.9 Å². The molecule has 100 valence electrons. The number of carbonyl (C=O) groups is 3. The van der Waals surface area contributed by atoms with Crippen molar-refractivity contribution in [2.45, 2.75) is 20.8 Å². The van der Waals surface area contributed by atoms with Gasteiger partial charge in [-0.3, -0.25) is 14.4 Å². The molecule has 0 heterocycles. The molecule has 0 fully saturated rings. The third-order valence-electron chi connectivity index (χ3n) is 2.05. The fourth-order valence-corrected chi connectivity index (χ4v) is 1.42.